The molecule has 1 heterocycles. The molecule has 0 saturated carbocycles. The zero-order chi connectivity index (χ0) is 12.3. The van der Waals surface area contributed by atoms with Crippen LogP contribution in [0.1, 0.15) is 16.1 Å². The first kappa shape index (κ1) is 11.7. The third-order valence-electron chi connectivity index (χ3n) is 1.74. The molecule has 86 valence electrons. The number of urea groups is 1. The average Bonchev–Trinajstić information content (AvgIpc) is 2.44. The molecular weight excluding hydrogens is 216 g/mol. The number of primary amides is 1. The molecule has 0 saturated heterocycles. The summed E-state index contributed by atoms with van der Waals surface area (Å²) in [6.45, 7) is 1.24. The number of aromatic nitrogens is 2. The molecule has 1 rings (SSSR count). The van der Waals surface area contributed by atoms with Gasteiger partial charge in [-0.05, 0) is 6.92 Å². The normalized spacial score (nSPS) is 9.81. The first-order chi connectivity index (χ1) is 7.40. The van der Waals surface area contributed by atoms with Gasteiger partial charge in [-0.15, -0.1) is 0 Å². The molecule has 0 spiro atoms. The van der Waals surface area contributed by atoms with E-state index in [0.29, 0.717) is 5.69 Å². The number of amides is 3. The van der Waals surface area contributed by atoms with Crippen molar-refractivity contribution in [3.05, 3.63) is 17.5 Å². The Morgan fingerprint density at radius 3 is 2.62 bits per heavy atom. The summed E-state index contributed by atoms with van der Waals surface area (Å²) in [4.78, 5) is 32.1. The molecule has 0 bridgehead atoms. The van der Waals surface area contributed by atoms with E-state index < -0.39 is 17.9 Å². The van der Waals surface area contributed by atoms with Crippen molar-refractivity contribution >= 4 is 17.9 Å². The molecule has 0 aliphatic heterocycles. The highest BCUT2D eigenvalue weighted by atomic mass is 16.4. The fraction of sp³-hybridized carbons (Fsp3) is 0.250. The van der Waals surface area contributed by atoms with Crippen LogP contribution in [0.3, 0.4) is 0 Å². The maximum Gasteiger partial charge on any atom is 0.339 e. The first-order valence-electron chi connectivity index (χ1n) is 4.26. The van der Waals surface area contributed by atoms with Crippen LogP contribution in [0.15, 0.2) is 6.20 Å². The second-order valence-corrected chi connectivity index (χ2v) is 3.04. The van der Waals surface area contributed by atoms with E-state index >= 15 is 0 Å². The van der Waals surface area contributed by atoms with Crippen molar-refractivity contribution in [1.82, 2.24) is 15.1 Å². The Hall–Kier alpha value is -2.38. The van der Waals surface area contributed by atoms with Crippen molar-refractivity contribution in [2.75, 3.05) is 0 Å². The molecule has 16 heavy (non-hydrogen) atoms. The van der Waals surface area contributed by atoms with E-state index in [1.807, 2.05) is 5.32 Å². The predicted molar refractivity (Wildman–Crippen MR) is 51.6 cm³/mol. The standard InChI is InChI=1S/C8H10N4O4/c1-4-5(7(14)15)2-12(11-4)3-6(13)10-8(9)16/h2H,3H2,1H3,(H,14,15)(H3,9,10,13,16). The molecule has 0 aromatic carbocycles. The van der Waals surface area contributed by atoms with Crippen LogP contribution in [-0.2, 0) is 11.3 Å². The monoisotopic (exact) mass is 226 g/mol. The summed E-state index contributed by atoms with van der Waals surface area (Å²) in [5, 5.41) is 14.4. The smallest absolute Gasteiger partial charge is 0.339 e. The number of carbonyl (C=O) groups excluding carboxylic acids is 2. The van der Waals surface area contributed by atoms with E-state index in [0.717, 1.165) is 4.68 Å². The quantitative estimate of drug-likeness (QED) is 0.614. The van der Waals surface area contributed by atoms with Gasteiger partial charge in [-0.2, -0.15) is 5.10 Å². The van der Waals surface area contributed by atoms with Crippen LogP contribution < -0.4 is 11.1 Å². The Morgan fingerprint density at radius 2 is 2.19 bits per heavy atom. The van der Waals surface area contributed by atoms with Crippen molar-refractivity contribution in [3.8, 4) is 0 Å². The molecule has 0 radical (unpaired) electrons. The summed E-state index contributed by atoms with van der Waals surface area (Å²) in [5.74, 6) is -1.79. The second-order valence-electron chi connectivity index (χ2n) is 3.04. The SMILES string of the molecule is Cc1nn(CC(=O)NC(N)=O)cc1C(=O)O. The van der Waals surface area contributed by atoms with Crippen molar-refractivity contribution in [2.45, 2.75) is 13.5 Å². The zero-order valence-corrected chi connectivity index (χ0v) is 8.43. The van der Waals surface area contributed by atoms with E-state index in [-0.39, 0.29) is 12.1 Å². The minimum atomic E-state index is -1.13. The lowest BCUT2D eigenvalue weighted by Crippen LogP contribution is -2.37. The summed E-state index contributed by atoms with van der Waals surface area (Å²) >= 11 is 0. The Bertz CT molecular complexity index is 451. The third kappa shape index (κ3) is 2.80. The van der Waals surface area contributed by atoms with Gasteiger partial charge in [0.25, 0.3) is 0 Å². The van der Waals surface area contributed by atoms with Gasteiger partial charge in [0.05, 0.1) is 5.69 Å². The molecule has 0 aliphatic rings. The van der Waals surface area contributed by atoms with Gasteiger partial charge in [0.15, 0.2) is 0 Å². The highest BCUT2D eigenvalue weighted by Crippen LogP contribution is 2.04. The van der Waals surface area contributed by atoms with E-state index in [1.54, 1.807) is 0 Å². The largest absolute Gasteiger partial charge is 0.478 e. The van der Waals surface area contributed by atoms with Crippen LogP contribution >= 0.6 is 0 Å². The molecule has 3 amide bonds. The van der Waals surface area contributed by atoms with Crippen LogP contribution in [0, 0.1) is 6.92 Å². The minimum absolute atomic E-state index is 0.00637. The van der Waals surface area contributed by atoms with E-state index in [1.165, 1.54) is 13.1 Å². The van der Waals surface area contributed by atoms with Crippen molar-refractivity contribution < 1.29 is 19.5 Å². The summed E-state index contributed by atoms with van der Waals surface area (Å²) in [7, 11) is 0. The number of aromatic carboxylic acids is 1. The van der Waals surface area contributed by atoms with Gasteiger partial charge in [-0.1, -0.05) is 0 Å². The van der Waals surface area contributed by atoms with Gasteiger partial charge in [-0.3, -0.25) is 14.8 Å². The number of carboxylic acids is 1. The number of carbonyl (C=O) groups is 3. The fourth-order valence-corrected chi connectivity index (χ4v) is 1.13. The summed E-state index contributed by atoms with van der Waals surface area (Å²) in [6.07, 6.45) is 1.21. The Labute approximate surface area is 90.0 Å². The summed E-state index contributed by atoms with van der Waals surface area (Å²) in [5.41, 5.74) is 5.03. The number of hydrogen-bond acceptors (Lipinski definition) is 4. The molecule has 8 heteroatoms. The van der Waals surface area contributed by atoms with Crippen LogP contribution in [0.5, 0.6) is 0 Å². The fourth-order valence-electron chi connectivity index (χ4n) is 1.13. The second kappa shape index (κ2) is 4.43. The Morgan fingerprint density at radius 1 is 1.56 bits per heavy atom. The number of hydrogen-bond donors (Lipinski definition) is 3. The van der Waals surface area contributed by atoms with Crippen LogP contribution in [0.25, 0.3) is 0 Å². The van der Waals surface area contributed by atoms with Crippen molar-refractivity contribution in [2.24, 2.45) is 5.73 Å². The van der Waals surface area contributed by atoms with E-state index in [4.69, 9.17) is 10.8 Å². The molecule has 8 nitrogen and oxygen atoms in total. The highest BCUT2D eigenvalue weighted by molar-refractivity contribution is 5.93. The molecule has 1 aromatic rings. The van der Waals surface area contributed by atoms with Gasteiger partial charge in [0.1, 0.15) is 12.1 Å². The number of rotatable bonds is 3. The maximum atomic E-state index is 11.1. The maximum absolute atomic E-state index is 11.1. The number of aryl methyl sites for hydroxylation is 1. The Kier molecular flexibility index (Phi) is 3.24. The number of carboxylic acid groups (broad SMARTS) is 1. The average molecular weight is 226 g/mol. The lowest BCUT2D eigenvalue weighted by molar-refractivity contribution is -0.120. The lowest BCUT2D eigenvalue weighted by Gasteiger charge is -2.00. The summed E-state index contributed by atoms with van der Waals surface area (Å²) < 4.78 is 1.12. The van der Waals surface area contributed by atoms with Crippen LogP contribution in [-0.4, -0.2) is 32.8 Å². The van der Waals surface area contributed by atoms with Crippen molar-refractivity contribution in [1.29, 1.82) is 0 Å². The number of nitrogens with two attached hydrogens (primary N) is 1. The molecular formula is C8H10N4O4. The van der Waals surface area contributed by atoms with Crippen LogP contribution in [0.4, 0.5) is 4.79 Å². The van der Waals surface area contributed by atoms with Gasteiger partial charge < -0.3 is 10.8 Å². The van der Waals surface area contributed by atoms with Gasteiger partial charge in [0, 0.05) is 6.20 Å². The lowest BCUT2D eigenvalue weighted by atomic mass is 10.3. The Balaban J connectivity index is 2.75. The predicted octanol–water partition coefficient (Wildman–Crippen LogP) is -0.915. The molecule has 0 unspecified atom stereocenters. The highest BCUT2D eigenvalue weighted by Gasteiger charge is 2.13. The van der Waals surface area contributed by atoms with E-state index in [9.17, 15) is 14.4 Å². The number of imide groups is 1. The van der Waals surface area contributed by atoms with E-state index in [2.05, 4.69) is 5.10 Å². The third-order valence-corrected chi connectivity index (χ3v) is 1.74. The van der Waals surface area contributed by atoms with Gasteiger partial charge in [-0.25, -0.2) is 9.59 Å². The number of nitrogens with one attached hydrogen (secondary N) is 1. The zero-order valence-electron chi connectivity index (χ0n) is 8.43. The van der Waals surface area contributed by atoms with Crippen LogP contribution in [0.2, 0.25) is 0 Å². The first-order valence-corrected chi connectivity index (χ1v) is 4.26. The molecule has 0 aliphatic carbocycles. The van der Waals surface area contributed by atoms with Crippen molar-refractivity contribution in [3.63, 3.8) is 0 Å². The molecule has 4 N–H and O–H groups in total. The topological polar surface area (TPSA) is 127 Å². The van der Waals surface area contributed by atoms with Gasteiger partial charge >= 0.3 is 12.0 Å². The summed E-state index contributed by atoms with van der Waals surface area (Å²) in [6, 6.07) is -0.965. The number of nitrogens with zero attached hydrogens (tertiary/aromatic N) is 2. The van der Waals surface area contributed by atoms with Gasteiger partial charge in [0.2, 0.25) is 5.91 Å². The molecule has 0 atom stereocenters. The molecule has 1 aromatic heterocycles. The minimum Gasteiger partial charge on any atom is -0.478 e. The molecule has 0 fully saturated rings.